The van der Waals surface area contributed by atoms with Crippen molar-refractivity contribution in [3.63, 3.8) is 0 Å². The summed E-state index contributed by atoms with van der Waals surface area (Å²) in [6.45, 7) is 0. The number of nitrogens with zero attached hydrogens (tertiary/aromatic N) is 1. The van der Waals surface area contributed by atoms with E-state index in [1.807, 2.05) is 0 Å². The van der Waals surface area contributed by atoms with Gasteiger partial charge in [-0.1, -0.05) is 0 Å². The molecule has 1 fully saturated rings. The highest BCUT2D eigenvalue weighted by Gasteiger charge is 2.48. The van der Waals surface area contributed by atoms with E-state index in [2.05, 4.69) is 55.3 Å². The summed E-state index contributed by atoms with van der Waals surface area (Å²) < 4.78 is 2.39. The van der Waals surface area contributed by atoms with E-state index in [-0.39, 0.29) is 18.6 Å². The number of hydroxylamine groups is 2. The minimum Gasteiger partial charge on any atom is -0.370 e. The average Bonchev–Trinajstić information content (AvgIpc) is 1.79. The van der Waals surface area contributed by atoms with Gasteiger partial charge in [-0.15, -0.1) is 50.5 Å². The zero-order valence-electron chi connectivity index (χ0n) is 6.54. The molecule has 3 nitrogen and oxygen atoms in total. The maximum atomic E-state index is 11.2. The highest BCUT2D eigenvalue weighted by atomic mass is 32.2. The number of hydrogen-bond donors (Lipinski definition) is 4. The van der Waals surface area contributed by atoms with Crippen molar-refractivity contribution in [2.45, 2.75) is 21.2 Å². The van der Waals surface area contributed by atoms with E-state index in [0.717, 1.165) is 0 Å². The Labute approximate surface area is 100.0 Å². The normalized spacial score (nSPS) is 27.5. The van der Waals surface area contributed by atoms with Crippen LogP contribution >= 0.6 is 50.5 Å². The summed E-state index contributed by atoms with van der Waals surface area (Å²) in [5, 5.41) is 1.17. The van der Waals surface area contributed by atoms with Gasteiger partial charge in [0.15, 0.2) is 0 Å². The molecule has 0 aromatic rings. The Morgan fingerprint density at radius 2 is 1.62 bits per heavy atom. The van der Waals surface area contributed by atoms with Gasteiger partial charge < -0.3 is 4.76 Å². The minimum absolute atomic E-state index is 0.0386. The van der Waals surface area contributed by atoms with E-state index in [0.29, 0.717) is 0 Å². The fourth-order valence-corrected chi connectivity index (χ4v) is 3.08. The van der Waals surface area contributed by atoms with Crippen LogP contribution in [0.2, 0.25) is 0 Å². The first-order valence-corrected chi connectivity index (χ1v) is 5.17. The number of Topliss-reactive ketones (excluding diaryl/α,β-unsaturated/α-hetero) is 1. The van der Waals surface area contributed by atoms with Gasteiger partial charge in [-0.05, 0) is 0 Å². The Hall–Kier alpha value is 1.05. The van der Waals surface area contributed by atoms with E-state index in [1.54, 1.807) is 0 Å². The van der Waals surface area contributed by atoms with Gasteiger partial charge in [-0.2, -0.15) is 5.06 Å². The number of rotatable bonds is 1. The van der Waals surface area contributed by atoms with Crippen LogP contribution in [0.25, 0.3) is 0 Å². The average molecular weight is 253 g/mol. The lowest BCUT2D eigenvalue weighted by Gasteiger charge is -2.47. The summed E-state index contributed by atoms with van der Waals surface area (Å²) >= 11 is 16.5. The SMILES string of the molecule is [B]ON1C(S)(S)CC(=O)CC1(S)S. The molecule has 1 rings (SSSR count). The van der Waals surface area contributed by atoms with Crippen molar-refractivity contribution in [1.29, 1.82) is 0 Å². The van der Waals surface area contributed by atoms with Crippen LogP contribution in [-0.4, -0.2) is 27.3 Å². The predicted molar refractivity (Wildman–Crippen MR) is 64.3 cm³/mol. The van der Waals surface area contributed by atoms with Gasteiger partial charge in [-0.25, -0.2) is 0 Å². The minimum atomic E-state index is -1.08. The summed E-state index contributed by atoms with van der Waals surface area (Å²) in [5.74, 6) is -0.0386. The third-order valence-corrected chi connectivity index (χ3v) is 2.98. The van der Waals surface area contributed by atoms with Crippen molar-refractivity contribution >= 4 is 64.3 Å². The Balaban J connectivity index is 2.94. The largest absolute Gasteiger partial charge is 0.370 e. The van der Waals surface area contributed by atoms with E-state index < -0.39 is 8.41 Å². The molecule has 0 aromatic carbocycles. The third kappa shape index (κ3) is 2.54. The van der Waals surface area contributed by atoms with E-state index in [4.69, 9.17) is 8.05 Å². The molecule has 72 valence electrons. The molecular formula is C5H8BNO2S4. The monoisotopic (exact) mass is 253 g/mol. The lowest BCUT2D eigenvalue weighted by molar-refractivity contribution is -0.143. The molecule has 0 unspecified atom stereocenters. The van der Waals surface area contributed by atoms with Crippen molar-refractivity contribution in [3.8, 4) is 0 Å². The van der Waals surface area contributed by atoms with Crippen LogP contribution in [0.15, 0.2) is 0 Å². The number of carbonyl (C=O) groups excluding carboxylic acids is 1. The van der Waals surface area contributed by atoms with Crippen LogP contribution in [0.1, 0.15) is 12.8 Å². The van der Waals surface area contributed by atoms with Crippen LogP contribution in [0.5, 0.6) is 0 Å². The molecule has 8 heteroatoms. The summed E-state index contributed by atoms with van der Waals surface area (Å²) in [4.78, 5) is 11.2. The number of carbonyl (C=O) groups is 1. The molecule has 1 saturated heterocycles. The highest BCUT2D eigenvalue weighted by molar-refractivity contribution is 8.02. The zero-order chi connectivity index (χ0) is 10.3. The highest BCUT2D eigenvalue weighted by Crippen LogP contribution is 2.45. The van der Waals surface area contributed by atoms with Crippen LogP contribution in [-0.2, 0) is 9.55 Å². The van der Waals surface area contributed by atoms with E-state index >= 15 is 0 Å². The molecule has 0 saturated carbocycles. The Morgan fingerprint density at radius 3 is 1.92 bits per heavy atom. The molecular weight excluding hydrogens is 245 g/mol. The quantitative estimate of drug-likeness (QED) is 0.315. The summed E-state index contributed by atoms with van der Waals surface area (Å²) in [6, 6.07) is 0. The molecule has 0 atom stereocenters. The fraction of sp³-hybridized carbons (Fsp3) is 0.800. The van der Waals surface area contributed by atoms with Crippen molar-refractivity contribution in [2.75, 3.05) is 0 Å². The number of thiol groups is 4. The lowest BCUT2D eigenvalue weighted by Crippen LogP contribution is -2.55. The van der Waals surface area contributed by atoms with Gasteiger partial charge >= 0.3 is 8.05 Å². The van der Waals surface area contributed by atoms with Gasteiger partial charge in [0, 0.05) is 12.8 Å². The molecule has 1 aliphatic heterocycles. The Kier molecular flexibility index (Phi) is 3.64. The predicted octanol–water partition coefficient (Wildman–Crippen LogP) is 0.693. The molecule has 0 amide bonds. The number of hydrogen-bond acceptors (Lipinski definition) is 7. The summed E-state index contributed by atoms with van der Waals surface area (Å²) in [5.41, 5.74) is 0. The first-order valence-electron chi connectivity index (χ1n) is 3.38. The lowest BCUT2D eigenvalue weighted by atomic mass is 10.1. The maximum Gasteiger partial charge on any atom is 0.317 e. The maximum absolute atomic E-state index is 11.2. The summed E-state index contributed by atoms with van der Waals surface area (Å²) in [6.07, 6.45) is 0.249. The molecule has 1 heterocycles. The van der Waals surface area contributed by atoms with Crippen LogP contribution in [0.4, 0.5) is 0 Å². The fourth-order valence-electron chi connectivity index (χ4n) is 1.19. The number of piperidine rings is 1. The Morgan fingerprint density at radius 1 is 1.23 bits per heavy atom. The first kappa shape index (κ1) is 12.1. The Bertz CT molecular complexity index is 215. The molecule has 1 aliphatic rings. The second kappa shape index (κ2) is 3.90. The van der Waals surface area contributed by atoms with Gasteiger partial charge in [-0.3, -0.25) is 4.79 Å². The van der Waals surface area contributed by atoms with Crippen molar-refractivity contribution in [2.24, 2.45) is 0 Å². The number of ketones is 1. The first-order chi connectivity index (χ1) is 5.79. The van der Waals surface area contributed by atoms with Crippen molar-refractivity contribution in [1.82, 2.24) is 5.06 Å². The third-order valence-electron chi connectivity index (χ3n) is 1.62. The molecule has 0 spiro atoms. The van der Waals surface area contributed by atoms with E-state index in [1.165, 1.54) is 5.06 Å². The van der Waals surface area contributed by atoms with Crippen LogP contribution in [0, 0.1) is 0 Å². The topological polar surface area (TPSA) is 29.5 Å². The molecule has 0 N–H and O–H groups in total. The molecule has 0 bridgehead atoms. The van der Waals surface area contributed by atoms with Crippen molar-refractivity contribution < 1.29 is 9.55 Å². The van der Waals surface area contributed by atoms with Gasteiger partial charge in [0.1, 0.15) is 14.2 Å². The smallest absolute Gasteiger partial charge is 0.317 e. The molecule has 0 aliphatic carbocycles. The van der Waals surface area contributed by atoms with Crippen LogP contribution in [0.3, 0.4) is 0 Å². The molecule has 13 heavy (non-hydrogen) atoms. The van der Waals surface area contributed by atoms with E-state index in [9.17, 15) is 4.79 Å². The van der Waals surface area contributed by atoms with Crippen molar-refractivity contribution in [3.05, 3.63) is 0 Å². The van der Waals surface area contributed by atoms with Crippen LogP contribution < -0.4 is 0 Å². The second-order valence-electron chi connectivity index (χ2n) is 2.84. The molecule has 2 radical (unpaired) electrons. The van der Waals surface area contributed by atoms with Gasteiger partial charge in [0.25, 0.3) is 0 Å². The second-order valence-corrected chi connectivity index (χ2v) is 6.51. The standard InChI is InChI=1S/C5H8BNO2S4/c6-9-7-4(10,11)1-3(8)2-5(7,12)13/h10-13H,1-2H2. The molecule has 0 aromatic heterocycles. The van der Waals surface area contributed by atoms with Gasteiger partial charge in [0.2, 0.25) is 0 Å². The zero-order valence-corrected chi connectivity index (χ0v) is 10.1. The van der Waals surface area contributed by atoms with Gasteiger partial charge in [0.05, 0.1) is 0 Å². The summed E-state index contributed by atoms with van der Waals surface area (Å²) in [7, 11) is 5.02.